The van der Waals surface area contributed by atoms with Crippen LogP contribution in [-0.2, 0) is 6.54 Å². The molecule has 1 N–H and O–H groups in total. The van der Waals surface area contributed by atoms with E-state index in [4.69, 9.17) is 0 Å². The molecule has 19 heavy (non-hydrogen) atoms. The Hall–Kier alpha value is -0.930. The molecule has 104 valence electrons. The van der Waals surface area contributed by atoms with Crippen molar-refractivity contribution in [3.8, 4) is 0 Å². The molecule has 2 fully saturated rings. The molecule has 2 aliphatic rings. The quantitative estimate of drug-likeness (QED) is 0.899. The third kappa shape index (κ3) is 3.15. The van der Waals surface area contributed by atoms with Crippen molar-refractivity contribution in [2.75, 3.05) is 19.6 Å². The second-order valence-electron chi connectivity index (χ2n) is 5.84. The highest BCUT2D eigenvalue weighted by molar-refractivity contribution is 5.27. The van der Waals surface area contributed by atoms with Gasteiger partial charge in [-0.15, -0.1) is 0 Å². The summed E-state index contributed by atoms with van der Waals surface area (Å²) in [6.07, 6.45) is 6.13. The van der Waals surface area contributed by atoms with E-state index in [1.165, 1.54) is 25.7 Å². The molecule has 0 amide bonds. The average Bonchev–Trinajstić information content (AvgIpc) is 2.95. The summed E-state index contributed by atoms with van der Waals surface area (Å²) >= 11 is 0. The fourth-order valence-corrected chi connectivity index (χ4v) is 3.23. The topological polar surface area (TPSA) is 15.3 Å². The van der Waals surface area contributed by atoms with E-state index in [0.717, 1.165) is 43.7 Å². The van der Waals surface area contributed by atoms with Crippen LogP contribution in [0.4, 0.5) is 4.39 Å². The third-order valence-corrected chi connectivity index (χ3v) is 4.38. The van der Waals surface area contributed by atoms with Crippen LogP contribution >= 0.6 is 0 Å². The van der Waals surface area contributed by atoms with Crippen molar-refractivity contribution in [3.05, 3.63) is 35.1 Å². The lowest BCUT2D eigenvalue weighted by atomic mass is 9.96. The van der Waals surface area contributed by atoms with Crippen molar-refractivity contribution in [2.45, 2.75) is 44.7 Å². The number of piperidine rings is 1. The number of hydrogen-bond donors (Lipinski definition) is 1. The van der Waals surface area contributed by atoms with Gasteiger partial charge in [-0.1, -0.05) is 18.6 Å². The van der Waals surface area contributed by atoms with Gasteiger partial charge < -0.3 is 5.32 Å². The molecule has 0 bridgehead atoms. The van der Waals surface area contributed by atoms with E-state index in [2.05, 4.69) is 16.3 Å². The fourth-order valence-electron chi connectivity index (χ4n) is 3.23. The van der Waals surface area contributed by atoms with E-state index in [1.807, 2.05) is 6.07 Å². The van der Waals surface area contributed by atoms with Crippen LogP contribution in [0.2, 0.25) is 0 Å². The molecular formula is C16H23FN2. The molecule has 1 aromatic rings. The number of benzene rings is 1. The summed E-state index contributed by atoms with van der Waals surface area (Å²) in [4.78, 5) is 2.34. The molecule has 3 heteroatoms. The van der Waals surface area contributed by atoms with Crippen molar-refractivity contribution >= 4 is 0 Å². The van der Waals surface area contributed by atoms with Crippen molar-refractivity contribution in [3.63, 3.8) is 0 Å². The Balaban J connectivity index is 1.69. The van der Waals surface area contributed by atoms with E-state index in [-0.39, 0.29) is 5.82 Å². The molecule has 2 nitrogen and oxygen atoms in total. The second-order valence-corrected chi connectivity index (χ2v) is 5.84. The number of nitrogens with zero attached hydrogens (tertiary/aromatic N) is 1. The van der Waals surface area contributed by atoms with Gasteiger partial charge in [-0.05, 0) is 56.9 Å². The van der Waals surface area contributed by atoms with E-state index < -0.39 is 0 Å². The van der Waals surface area contributed by atoms with Crippen LogP contribution in [0, 0.1) is 5.82 Å². The lowest BCUT2D eigenvalue weighted by Crippen LogP contribution is -2.27. The van der Waals surface area contributed by atoms with Gasteiger partial charge in [-0.3, -0.25) is 4.90 Å². The van der Waals surface area contributed by atoms with E-state index >= 15 is 0 Å². The lowest BCUT2D eigenvalue weighted by molar-refractivity contribution is 0.325. The highest BCUT2D eigenvalue weighted by Gasteiger charge is 2.18. The predicted octanol–water partition coefficient (Wildman–Crippen LogP) is 3.24. The molecule has 2 saturated heterocycles. The summed E-state index contributed by atoms with van der Waals surface area (Å²) in [7, 11) is 0. The van der Waals surface area contributed by atoms with Crippen molar-refractivity contribution in [2.24, 2.45) is 0 Å². The minimum atomic E-state index is -0.0308. The zero-order chi connectivity index (χ0) is 13.1. The van der Waals surface area contributed by atoms with Crippen LogP contribution in [0.5, 0.6) is 0 Å². The van der Waals surface area contributed by atoms with E-state index in [1.54, 1.807) is 6.07 Å². The molecule has 1 unspecified atom stereocenters. The number of hydrogen-bond acceptors (Lipinski definition) is 2. The Labute approximate surface area is 115 Å². The number of halogens is 1. The van der Waals surface area contributed by atoms with Crippen molar-refractivity contribution < 1.29 is 4.39 Å². The zero-order valence-electron chi connectivity index (χ0n) is 11.5. The van der Waals surface area contributed by atoms with Crippen LogP contribution in [0.25, 0.3) is 0 Å². The highest BCUT2D eigenvalue weighted by Crippen LogP contribution is 2.25. The number of likely N-dealkylation sites (tertiary alicyclic amines) is 1. The van der Waals surface area contributed by atoms with Crippen LogP contribution in [-0.4, -0.2) is 24.5 Å². The van der Waals surface area contributed by atoms with Gasteiger partial charge in [0.1, 0.15) is 5.82 Å². The van der Waals surface area contributed by atoms with Crippen molar-refractivity contribution in [1.82, 2.24) is 10.2 Å². The third-order valence-electron chi connectivity index (χ3n) is 4.38. The van der Waals surface area contributed by atoms with Gasteiger partial charge in [-0.25, -0.2) is 4.39 Å². The van der Waals surface area contributed by atoms with Gasteiger partial charge in [0.15, 0.2) is 0 Å². The summed E-state index contributed by atoms with van der Waals surface area (Å²) < 4.78 is 14.2. The first kappa shape index (κ1) is 13.1. The molecule has 0 aliphatic carbocycles. The van der Waals surface area contributed by atoms with Gasteiger partial charge in [0.2, 0.25) is 0 Å². The fraction of sp³-hybridized carbons (Fsp3) is 0.625. The molecule has 0 radical (unpaired) electrons. The van der Waals surface area contributed by atoms with Crippen LogP contribution in [0.1, 0.15) is 49.3 Å². The standard InChI is InChI=1S/C16H23FN2/c17-15-11-13(16-5-1-2-8-18-16)6-7-14(15)12-19-9-3-4-10-19/h6-7,11,16,18H,1-5,8-10,12H2. The van der Waals surface area contributed by atoms with Gasteiger partial charge >= 0.3 is 0 Å². The minimum absolute atomic E-state index is 0.0308. The average molecular weight is 262 g/mol. The lowest BCUT2D eigenvalue weighted by Gasteiger charge is -2.24. The number of nitrogens with one attached hydrogen (secondary N) is 1. The monoisotopic (exact) mass is 262 g/mol. The summed E-state index contributed by atoms with van der Waals surface area (Å²) in [6, 6.07) is 6.19. The van der Waals surface area contributed by atoms with Crippen LogP contribution in [0.15, 0.2) is 18.2 Å². The molecule has 1 aromatic carbocycles. The predicted molar refractivity (Wildman–Crippen MR) is 75.5 cm³/mol. The molecule has 3 rings (SSSR count). The van der Waals surface area contributed by atoms with Crippen molar-refractivity contribution in [1.29, 1.82) is 0 Å². The molecule has 1 atom stereocenters. The molecule has 0 saturated carbocycles. The largest absolute Gasteiger partial charge is 0.310 e. The smallest absolute Gasteiger partial charge is 0.128 e. The van der Waals surface area contributed by atoms with Gasteiger partial charge in [0, 0.05) is 18.2 Å². The first-order valence-electron chi connectivity index (χ1n) is 7.57. The first-order valence-corrected chi connectivity index (χ1v) is 7.57. The first-order chi connectivity index (χ1) is 9.33. The molecular weight excluding hydrogens is 239 g/mol. The van der Waals surface area contributed by atoms with E-state index in [9.17, 15) is 4.39 Å². The maximum absolute atomic E-state index is 14.2. The van der Waals surface area contributed by atoms with Crippen LogP contribution < -0.4 is 5.32 Å². The Morgan fingerprint density at radius 2 is 2.00 bits per heavy atom. The summed E-state index contributed by atoms with van der Waals surface area (Å²) in [6.45, 7) is 4.06. The highest BCUT2D eigenvalue weighted by atomic mass is 19.1. The van der Waals surface area contributed by atoms with Gasteiger partial charge in [-0.2, -0.15) is 0 Å². The second kappa shape index (κ2) is 6.02. The number of rotatable bonds is 3. The SMILES string of the molecule is Fc1cc(C2CCCCN2)ccc1CN1CCCC1. The normalized spacial score (nSPS) is 24.8. The summed E-state index contributed by atoms with van der Waals surface area (Å²) in [5.74, 6) is -0.0308. The molecule has 2 heterocycles. The maximum atomic E-state index is 14.2. The summed E-state index contributed by atoms with van der Waals surface area (Å²) in [5, 5.41) is 3.48. The maximum Gasteiger partial charge on any atom is 0.128 e. The zero-order valence-corrected chi connectivity index (χ0v) is 11.5. The summed E-state index contributed by atoms with van der Waals surface area (Å²) in [5.41, 5.74) is 1.96. The molecule has 0 spiro atoms. The van der Waals surface area contributed by atoms with Gasteiger partial charge in [0.05, 0.1) is 0 Å². The molecule has 2 aliphatic heterocycles. The Bertz CT molecular complexity index is 421. The van der Waals surface area contributed by atoms with Gasteiger partial charge in [0.25, 0.3) is 0 Å². The Morgan fingerprint density at radius 3 is 2.68 bits per heavy atom. The molecule has 0 aromatic heterocycles. The minimum Gasteiger partial charge on any atom is -0.310 e. The Morgan fingerprint density at radius 1 is 1.16 bits per heavy atom. The van der Waals surface area contributed by atoms with Crippen LogP contribution in [0.3, 0.4) is 0 Å². The van der Waals surface area contributed by atoms with E-state index in [0.29, 0.717) is 6.04 Å². The Kier molecular flexibility index (Phi) is 4.14.